The fourth-order valence-corrected chi connectivity index (χ4v) is 3.21. The molecule has 0 aliphatic carbocycles. The van der Waals surface area contributed by atoms with Crippen molar-refractivity contribution in [1.29, 1.82) is 0 Å². The van der Waals surface area contributed by atoms with Crippen molar-refractivity contribution in [2.75, 3.05) is 7.11 Å². The summed E-state index contributed by atoms with van der Waals surface area (Å²) in [6.45, 7) is 0. The molecule has 0 fully saturated rings. The van der Waals surface area contributed by atoms with Gasteiger partial charge < -0.3 is 10.1 Å². The first-order valence-corrected chi connectivity index (χ1v) is 8.84. The van der Waals surface area contributed by atoms with E-state index in [9.17, 15) is 9.59 Å². The number of rotatable bonds is 5. The minimum atomic E-state index is -0.784. The van der Waals surface area contributed by atoms with Crippen molar-refractivity contribution in [3.63, 3.8) is 0 Å². The highest BCUT2D eigenvalue weighted by Gasteiger charge is 2.23. The monoisotopic (exact) mass is 412 g/mol. The van der Waals surface area contributed by atoms with Crippen molar-refractivity contribution < 1.29 is 14.3 Å². The summed E-state index contributed by atoms with van der Waals surface area (Å²) < 4.78 is 5.77. The quantitative estimate of drug-likeness (QED) is 0.651. The van der Waals surface area contributed by atoms with Crippen LogP contribution in [0.3, 0.4) is 0 Å². The van der Waals surface area contributed by atoms with Crippen LogP contribution in [0.2, 0.25) is 0 Å². The average Bonchev–Trinajstić information content (AvgIpc) is 2.66. The van der Waals surface area contributed by atoms with Crippen LogP contribution in [0.4, 0.5) is 0 Å². The fraction of sp³-hybridized carbons (Fsp3) is 0.150. The number of nitrogens with one attached hydrogen (secondary N) is 1. The Labute approximate surface area is 159 Å². The Morgan fingerprint density at radius 1 is 1.15 bits per heavy atom. The molecule has 1 heterocycles. The van der Waals surface area contributed by atoms with Crippen LogP contribution < -0.4 is 5.32 Å². The summed E-state index contributed by atoms with van der Waals surface area (Å²) >= 11 is 3.41. The summed E-state index contributed by atoms with van der Waals surface area (Å²) in [7, 11) is 1.31. The number of nitrogens with zero attached hydrogens (tertiary/aromatic N) is 1. The summed E-state index contributed by atoms with van der Waals surface area (Å²) in [5, 5.41) is 3.52. The van der Waals surface area contributed by atoms with Crippen molar-refractivity contribution in [1.82, 2.24) is 10.3 Å². The van der Waals surface area contributed by atoms with Gasteiger partial charge in [0.15, 0.2) is 0 Å². The number of esters is 1. The first-order valence-electron chi connectivity index (χ1n) is 8.05. The lowest BCUT2D eigenvalue weighted by Crippen LogP contribution is -2.43. The van der Waals surface area contributed by atoms with Gasteiger partial charge in [-0.05, 0) is 29.8 Å². The standard InChI is InChI=1S/C20H17BrN2O3/c1-26-20(25)18(12-13-5-4-6-14(21)11-13)23-19(24)16-9-10-22-17-8-3-2-7-15(16)17/h2-11,18H,12H2,1H3,(H,23,24)/t18-/m1/s1. The smallest absolute Gasteiger partial charge is 0.328 e. The largest absolute Gasteiger partial charge is 0.467 e. The summed E-state index contributed by atoms with van der Waals surface area (Å²) in [4.78, 5) is 29.2. The molecular formula is C20H17BrN2O3. The van der Waals surface area contributed by atoms with Crippen LogP contribution in [0.25, 0.3) is 10.9 Å². The van der Waals surface area contributed by atoms with Gasteiger partial charge >= 0.3 is 5.97 Å². The highest BCUT2D eigenvalue weighted by molar-refractivity contribution is 9.10. The second-order valence-electron chi connectivity index (χ2n) is 5.76. The maximum Gasteiger partial charge on any atom is 0.328 e. The third-order valence-electron chi connectivity index (χ3n) is 4.01. The van der Waals surface area contributed by atoms with Gasteiger partial charge in [-0.3, -0.25) is 9.78 Å². The number of aromatic nitrogens is 1. The summed E-state index contributed by atoms with van der Waals surface area (Å²) in [5.74, 6) is -0.828. The second-order valence-corrected chi connectivity index (χ2v) is 6.67. The molecule has 26 heavy (non-hydrogen) atoms. The third kappa shape index (κ3) is 4.08. The molecule has 3 aromatic rings. The van der Waals surface area contributed by atoms with Crippen molar-refractivity contribution in [2.45, 2.75) is 12.5 Å². The molecule has 6 heteroatoms. The molecule has 3 rings (SSSR count). The van der Waals surface area contributed by atoms with E-state index in [0.717, 1.165) is 20.9 Å². The van der Waals surface area contributed by atoms with Gasteiger partial charge in [0.25, 0.3) is 5.91 Å². The number of hydrogen-bond acceptors (Lipinski definition) is 4. The van der Waals surface area contributed by atoms with Gasteiger partial charge in [-0.2, -0.15) is 0 Å². The number of carbonyl (C=O) groups is 2. The molecule has 1 aromatic heterocycles. The molecule has 132 valence electrons. The van der Waals surface area contributed by atoms with Gasteiger partial charge in [-0.25, -0.2) is 4.79 Å². The highest BCUT2D eigenvalue weighted by atomic mass is 79.9. The highest BCUT2D eigenvalue weighted by Crippen LogP contribution is 2.17. The fourth-order valence-electron chi connectivity index (χ4n) is 2.77. The van der Waals surface area contributed by atoms with E-state index >= 15 is 0 Å². The molecule has 2 aromatic carbocycles. The number of amides is 1. The van der Waals surface area contributed by atoms with Gasteiger partial charge in [-0.15, -0.1) is 0 Å². The van der Waals surface area contributed by atoms with Gasteiger partial charge in [0.1, 0.15) is 6.04 Å². The third-order valence-corrected chi connectivity index (χ3v) is 4.51. The predicted molar refractivity (Wildman–Crippen MR) is 103 cm³/mol. The Balaban J connectivity index is 1.86. The van der Waals surface area contributed by atoms with Gasteiger partial charge in [-0.1, -0.05) is 46.3 Å². The number of benzene rings is 2. The van der Waals surface area contributed by atoms with Gasteiger partial charge in [0.2, 0.25) is 0 Å². The molecule has 0 unspecified atom stereocenters. The van der Waals surface area contributed by atoms with Crippen LogP contribution >= 0.6 is 15.9 Å². The van der Waals surface area contributed by atoms with E-state index in [1.54, 1.807) is 12.3 Å². The minimum absolute atomic E-state index is 0.334. The summed E-state index contributed by atoms with van der Waals surface area (Å²) in [6, 6.07) is 15.8. The van der Waals surface area contributed by atoms with Crippen molar-refractivity contribution >= 4 is 38.7 Å². The topological polar surface area (TPSA) is 68.3 Å². The zero-order chi connectivity index (χ0) is 18.5. The number of ether oxygens (including phenoxy) is 1. The molecule has 0 spiro atoms. The Bertz CT molecular complexity index is 953. The van der Waals surface area contributed by atoms with E-state index < -0.39 is 12.0 Å². The maximum absolute atomic E-state index is 12.8. The number of carbonyl (C=O) groups excluding carboxylic acids is 2. The van der Waals surface area contributed by atoms with E-state index in [1.807, 2.05) is 48.5 Å². The van der Waals surface area contributed by atoms with Gasteiger partial charge in [0, 0.05) is 22.5 Å². The normalized spacial score (nSPS) is 11.8. The van der Waals surface area contributed by atoms with E-state index in [2.05, 4.69) is 26.2 Å². The van der Waals surface area contributed by atoms with E-state index in [-0.39, 0.29) is 5.91 Å². The molecule has 0 bridgehead atoms. The number of hydrogen-bond donors (Lipinski definition) is 1. The van der Waals surface area contributed by atoms with Crippen molar-refractivity contribution in [2.24, 2.45) is 0 Å². The van der Waals surface area contributed by atoms with Crippen LogP contribution in [-0.4, -0.2) is 30.0 Å². The second kappa shape index (κ2) is 8.10. The Kier molecular flexibility index (Phi) is 5.63. The first kappa shape index (κ1) is 18.1. The number of pyridine rings is 1. The van der Waals surface area contributed by atoms with Crippen molar-refractivity contribution in [3.8, 4) is 0 Å². The first-order chi connectivity index (χ1) is 12.6. The zero-order valence-electron chi connectivity index (χ0n) is 14.1. The van der Waals surface area contributed by atoms with Crippen LogP contribution in [0.1, 0.15) is 15.9 Å². The van der Waals surface area contributed by atoms with E-state index in [1.165, 1.54) is 7.11 Å². The van der Waals surface area contributed by atoms with Crippen LogP contribution in [0.15, 0.2) is 65.3 Å². The molecule has 1 atom stereocenters. The molecule has 1 N–H and O–H groups in total. The Hall–Kier alpha value is -2.73. The number of methoxy groups -OCH3 is 1. The van der Waals surface area contributed by atoms with E-state index in [4.69, 9.17) is 4.74 Å². The number of fused-ring (bicyclic) bond motifs is 1. The Morgan fingerprint density at radius 3 is 2.73 bits per heavy atom. The summed E-state index contributed by atoms with van der Waals surface area (Å²) in [5.41, 5.74) is 2.11. The number of halogens is 1. The van der Waals surface area contributed by atoms with Crippen LogP contribution in [-0.2, 0) is 16.0 Å². The lowest BCUT2D eigenvalue weighted by atomic mass is 10.0. The lowest BCUT2D eigenvalue weighted by molar-refractivity contribution is -0.142. The molecule has 1 amide bonds. The van der Waals surface area contributed by atoms with Crippen LogP contribution in [0.5, 0.6) is 0 Å². The average molecular weight is 413 g/mol. The Morgan fingerprint density at radius 2 is 1.96 bits per heavy atom. The van der Waals surface area contributed by atoms with Gasteiger partial charge in [0.05, 0.1) is 18.2 Å². The van der Waals surface area contributed by atoms with E-state index in [0.29, 0.717) is 12.0 Å². The SMILES string of the molecule is COC(=O)[C@@H](Cc1cccc(Br)c1)NC(=O)c1ccnc2ccccc12. The molecule has 0 aliphatic heterocycles. The lowest BCUT2D eigenvalue weighted by Gasteiger charge is -2.17. The molecule has 5 nitrogen and oxygen atoms in total. The molecule has 0 saturated carbocycles. The van der Waals surface area contributed by atoms with Crippen molar-refractivity contribution in [3.05, 3.63) is 76.4 Å². The minimum Gasteiger partial charge on any atom is -0.467 e. The molecule has 0 radical (unpaired) electrons. The molecule has 0 saturated heterocycles. The zero-order valence-corrected chi connectivity index (χ0v) is 15.7. The molecular weight excluding hydrogens is 396 g/mol. The predicted octanol–water partition coefficient (Wildman–Crippen LogP) is 3.51. The molecule has 0 aliphatic rings. The summed E-state index contributed by atoms with van der Waals surface area (Å²) in [6.07, 6.45) is 1.92. The number of para-hydroxylation sites is 1. The maximum atomic E-state index is 12.8. The van der Waals surface area contributed by atoms with Crippen LogP contribution in [0, 0.1) is 0 Å².